The number of halogens is 1. The lowest BCUT2D eigenvalue weighted by atomic mass is 10.0. The summed E-state index contributed by atoms with van der Waals surface area (Å²) in [5.74, 6) is 1.67. The minimum atomic E-state index is 0.0263. The predicted molar refractivity (Wildman–Crippen MR) is 56.6 cm³/mol. The molecular weight excluding hydrogens is 198 g/mol. The molecule has 0 aromatic carbocycles. The van der Waals surface area contributed by atoms with Gasteiger partial charge in [0.1, 0.15) is 5.82 Å². The first-order valence-electron chi connectivity index (χ1n) is 5.17. The molecule has 1 aliphatic carbocycles. The summed E-state index contributed by atoms with van der Waals surface area (Å²) in [6, 6.07) is 0. The Morgan fingerprint density at radius 1 is 1.43 bits per heavy atom. The van der Waals surface area contributed by atoms with Gasteiger partial charge in [-0.3, -0.25) is 4.57 Å². The predicted octanol–water partition coefficient (Wildman–Crippen LogP) is 2.95. The van der Waals surface area contributed by atoms with Crippen molar-refractivity contribution in [1.29, 1.82) is 0 Å². The van der Waals surface area contributed by atoms with Gasteiger partial charge in [0.25, 0.3) is 0 Å². The van der Waals surface area contributed by atoms with Gasteiger partial charge in [0, 0.05) is 11.5 Å². The summed E-state index contributed by atoms with van der Waals surface area (Å²) < 4.78 is 2.09. The molecule has 14 heavy (non-hydrogen) atoms. The van der Waals surface area contributed by atoms with Gasteiger partial charge in [-0.1, -0.05) is 6.92 Å². The summed E-state index contributed by atoms with van der Waals surface area (Å²) in [5, 5.41) is 8.67. The number of nitrogens with zero attached hydrogens (tertiary/aromatic N) is 3. The Labute approximate surface area is 89.5 Å². The van der Waals surface area contributed by atoms with E-state index in [1.807, 2.05) is 0 Å². The Morgan fingerprint density at radius 2 is 2.07 bits per heavy atom. The Kier molecular flexibility index (Phi) is 2.30. The molecule has 1 aromatic rings. The topological polar surface area (TPSA) is 30.7 Å². The highest BCUT2D eigenvalue weighted by Crippen LogP contribution is 2.41. The molecule has 0 atom stereocenters. The van der Waals surface area contributed by atoms with E-state index in [4.69, 9.17) is 11.6 Å². The van der Waals surface area contributed by atoms with Gasteiger partial charge >= 0.3 is 0 Å². The highest BCUT2D eigenvalue weighted by molar-refractivity contribution is 6.28. The van der Waals surface area contributed by atoms with E-state index in [0.717, 1.165) is 12.2 Å². The summed E-state index contributed by atoms with van der Waals surface area (Å²) in [6.45, 7) is 6.51. The van der Waals surface area contributed by atoms with Crippen LogP contribution in [0.1, 0.15) is 51.8 Å². The van der Waals surface area contributed by atoms with Crippen molar-refractivity contribution in [1.82, 2.24) is 14.8 Å². The third-order valence-corrected chi connectivity index (χ3v) is 3.31. The lowest BCUT2D eigenvalue weighted by Crippen LogP contribution is -2.27. The molecule has 1 saturated carbocycles. The summed E-state index contributed by atoms with van der Waals surface area (Å²) in [4.78, 5) is 0. The van der Waals surface area contributed by atoms with Gasteiger partial charge in [-0.25, -0.2) is 0 Å². The van der Waals surface area contributed by atoms with E-state index in [9.17, 15) is 0 Å². The molecule has 0 aliphatic heterocycles. The molecule has 1 aliphatic rings. The first-order valence-corrected chi connectivity index (χ1v) is 5.55. The first-order chi connectivity index (χ1) is 6.56. The van der Waals surface area contributed by atoms with Crippen LogP contribution in [0.25, 0.3) is 0 Å². The fraction of sp³-hybridized carbons (Fsp3) is 0.800. The molecule has 0 unspecified atom stereocenters. The molecule has 4 heteroatoms. The lowest BCUT2D eigenvalue weighted by Gasteiger charge is -2.26. The van der Waals surface area contributed by atoms with Gasteiger partial charge in [-0.15, -0.1) is 10.2 Å². The molecule has 1 heterocycles. The zero-order chi connectivity index (χ0) is 10.3. The van der Waals surface area contributed by atoms with Gasteiger partial charge in [0.15, 0.2) is 0 Å². The van der Waals surface area contributed by atoms with Crippen molar-refractivity contribution in [3.63, 3.8) is 0 Å². The molecule has 0 spiro atoms. The van der Waals surface area contributed by atoms with Crippen molar-refractivity contribution < 1.29 is 0 Å². The van der Waals surface area contributed by atoms with E-state index >= 15 is 0 Å². The molecular formula is C10H16ClN3. The normalized spacial score (nSPS) is 17.4. The van der Waals surface area contributed by atoms with E-state index in [1.165, 1.54) is 12.8 Å². The van der Waals surface area contributed by atoms with Gasteiger partial charge < -0.3 is 0 Å². The molecule has 0 bridgehead atoms. The van der Waals surface area contributed by atoms with Crippen LogP contribution in [0.2, 0.25) is 5.28 Å². The van der Waals surface area contributed by atoms with Gasteiger partial charge in [-0.2, -0.15) is 0 Å². The Morgan fingerprint density at radius 3 is 2.57 bits per heavy atom. The Balaban J connectivity index is 2.43. The zero-order valence-corrected chi connectivity index (χ0v) is 9.67. The third-order valence-electron chi connectivity index (χ3n) is 3.06. The summed E-state index contributed by atoms with van der Waals surface area (Å²) >= 11 is 6.07. The molecule has 2 rings (SSSR count). The van der Waals surface area contributed by atoms with Gasteiger partial charge in [0.05, 0.1) is 0 Å². The number of hydrogen-bond acceptors (Lipinski definition) is 2. The lowest BCUT2D eigenvalue weighted by molar-refractivity contribution is 0.331. The smallest absolute Gasteiger partial charge is 0.225 e. The molecule has 0 amide bonds. The Bertz CT molecular complexity index is 339. The SMILES string of the molecule is CCC(C)(C)n1c(Cl)nnc1C1CC1. The van der Waals surface area contributed by atoms with Crippen LogP contribution in [0, 0.1) is 0 Å². The fourth-order valence-corrected chi connectivity index (χ4v) is 1.95. The number of aromatic nitrogens is 3. The largest absolute Gasteiger partial charge is 0.296 e. The highest BCUT2D eigenvalue weighted by atomic mass is 35.5. The molecule has 0 radical (unpaired) electrons. The van der Waals surface area contributed by atoms with Crippen LogP contribution >= 0.6 is 11.6 Å². The average molecular weight is 214 g/mol. The number of rotatable bonds is 3. The molecule has 1 aromatic heterocycles. The second-order valence-electron chi connectivity index (χ2n) is 4.60. The van der Waals surface area contributed by atoms with Crippen molar-refractivity contribution in [3.8, 4) is 0 Å². The van der Waals surface area contributed by atoms with E-state index in [0.29, 0.717) is 11.2 Å². The Hall–Kier alpha value is -0.570. The molecule has 3 nitrogen and oxygen atoms in total. The second kappa shape index (κ2) is 3.23. The molecule has 0 N–H and O–H groups in total. The van der Waals surface area contributed by atoms with Crippen LogP contribution in [0.3, 0.4) is 0 Å². The van der Waals surface area contributed by atoms with Crippen LogP contribution in [0.4, 0.5) is 0 Å². The van der Waals surface area contributed by atoms with E-state index in [2.05, 4.69) is 35.5 Å². The average Bonchev–Trinajstić information content (AvgIpc) is 2.90. The minimum absolute atomic E-state index is 0.0263. The minimum Gasteiger partial charge on any atom is -0.296 e. The standard InChI is InChI=1S/C10H16ClN3/c1-4-10(2,3)14-8(7-5-6-7)12-13-9(14)11/h7H,4-6H2,1-3H3. The summed E-state index contributed by atoms with van der Waals surface area (Å²) in [7, 11) is 0. The van der Waals surface area contributed by atoms with Crippen LogP contribution in [0.15, 0.2) is 0 Å². The maximum atomic E-state index is 6.07. The second-order valence-corrected chi connectivity index (χ2v) is 4.94. The molecule has 78 valence electrons. The highest BCUT2D eigenvalue weighted by Gasteiger charge is 2.34. The van der Waals surface area contributed by atoms with Gasteiger partial charge in [-0.05, 0) is 44.7 Å². The monoisotopic (exact) mass is 213 g/mol. The molecule has 0 saturated heterocycles. The van der Waals surface area contributed by atoms with E-state index < -0.39 is 0 Å². The van der Waals surface area contributed by atoms with E-state index in [-0.39, 0.29) is 5.54 Å². The maximum absolute atomic E-state index is 6.07. The van der Waals surface area contributed by atoms with Crippen LogP contribution in [0.5, 0.6) is 0 Å². The summed E-state index contributed by atoms with van der Waals surface area (Å²) in [6.07, 6.45) is 3.49. The van der Waals surface area contributed by atoms with Crippen molar-refractivity contribution in [3.05, 3.63) is 11.1 Å². The van der Waals surface area contributed by atoms with Gasteiger partial charge in [0.2, 0.25) is 5.28 Å². The fourth-order valence-electron chi connectivity index (χ4n) is 1.60. The van der Waals surface area contributed by atoms with Crippen LogP contribution in [-0.4, -0.2) is 14.8 Å². The maximum Gasteiger partial charge on any atom is 0.225 e. The van der Waals surface area contributed by atoms with E-state index in [1.54, 1.807) is 0 Å². The molecule has 1 fully saturated rings. The summed E-state index contributed by atoms with van der Waals surface area (Å²) in [5.41, 5.74) is 0.0263. The zero-order valence-electron chi connectivity index (χ0n) is 8.92. The quantitative estimate of drug-likeness (QED) is 0.773. The van der Waals surface area contributed by atoms with Crippen molar-refractivity contribution in [2.24, 2.45) is 0 Å². The van der Waals surface area contributed by atoms with Crippen LogP contribution in [-0.2, 0) is 5.54 Å². The first kappa shape index (κ1) is 9.97. The van der Waals surface area contributed by atoms with Crippen molar-refractivity contribution in [2.75, 3.05) is 0 Å². The van der Waals surface area contributed by atoms with Crippen molar-refractivity contribution in [2.45, 2.75) is 51.5 Å². The third kappa shape index (κ3) is 1.54. The van der Waals surface area contributed by atoms with Crippen LogP contribution < -0.4 is 0 Å². The number of hydrogen-bond donors (Lipinski definition) is 0. The van der Waals surface area contributed by atoms with Crippen molar-refractivity contribution >= 4 is 11.6 Å².